The number of allylic oxidation sites excluding steroid dienone is 2. The summed E-state index contributed by atoms with van der Waals surface area (Å²) < 4.78 is -0.150. The molecule has 0 nitrogen and oxygen atoms in total. The third kappa shape index (κ3) is 1.90. The molecule has 0 amide bonds. The summed E-state index contributed by atoms with van der Waals surface area (Å²) in [6, 6.07) is 20.9. The Morgan fingerprint density at radius 3 is 1.29 bits per heavy atom. The van der Waals surface area contributed by atoms with Crippen molar-refractivity contribution in [2.24, 2.45) is 0 Å². The second kappa shape index (κ2) is 4.11. The van der Waals surface area contributed by atoms with Gasteiger partial charge in [0.05, 0.1) is 0 Å². The zero-order valence-corrected chi connectivity index (χ0v) is 12.2. The Labute approximate surface area is 118 Å². The molecule has 0 saturated carbocycles. The average Bonchev–Trinajstić information content (AvgIpc) is 2.94. The van der Waals surface area contributed by atoms with Crippen LogP contribution in [0.3, 0.4) is 0 Å². The molecule has 0 bridgehead atoms. The van der Waals surface area contributed by atoms with Gasteiger partial charge in [0.15, 0.2) is 0 Å². The smallest absolute Gasteiger partial charge is 0.0622 e. The maximum atomic E-state index is 3.74. The van der Waals surface area contributed by atoms with Gasteiger partial charge in [0.2, 0.25) is 0 Å². The summed E-state index contributed by atoms with van der Waals surface area (Å²) in [5.74, 6) is 0. The minimum Gasteiger partial charge on any atom is -0.0622 e. The molecule has 1 aliphatic rings. The minimum absolute atomic E-state index is 0.150. The van der Waals surface area contributed by atoms with E-state index in [4.69, 9.17) is 0 Å². The second-order valence-electron chi connectivity index (χ2n) is 4.06. The molecule has 0 atom stereocenters. The van der Waals surface area contributed by atoms with Gasteiger partial charge in [-0.05, 0) is 22.3 Å². The van der Waals surface area contributed by atoms with Crippen molar-refractivity contribution in [3.8, 4) is 0 Å². The monoisotopic (exact) mass is 348 g/mol. The molecule has 0 radical (unpaired) electrons. The predicted octanol–water partition coefficient (Wildman–Crippen LogP) is 5.10. The number of rotatable bonds is 2. The lowest BCUT2D eigenvalue weighted by atomic mass is 10.1. The molecule has 84 valence electrons. The molecule has 17 heavy (non-hydrogen) atoms. The first kappa shape index (κ1) is 11.2. The molecule has 2 aromatic rings. The van der Waals surface area contributed by atoms with E-state index in [1.54, 1.807) is 0 Å². The maximum absolute atomic E-state index is 3.74. The van der Waals surface area contributed by atoms with E-state index >= 15 is 0 Å². The van der Waals surface area contributed by atoms with E-state index < -0.39 is 0 Å². The van der Waals surface area contributed by atoms with Crippen LogP contribution in [0.25, 0.3) is 11.1 Å². The summed E-state index contributed by atoms with van der Waals surface area (Å²) in [5, 5.41) is 0. The lowest BCUT2D eigenvalue weighted by Gasteiger charge is -2.01. The summed E-state index contributed by atoms with van der Waals surface area (Å²) in [5.41, 5.74) is 5.17. The van der Waals surface area contributed by atoms with Gasteiger partial charge in [-0.25, -0.2) is 0 Å². The molecule has 0 N–H and O–H groups in total. The van der Waals surface area contributed by atoms with Gasteiger partial charge in [-0.15, -0.1) is 0 Å². The van der Waals surface area contributed by atoms with Crippen molar-refractivity contribution in [3.05, 3.63) is 71.8 Å². The van der Waals surface area contributed by atoms with E-state index in [2.05, 4.69) is 80.4 Å². The zero-order valence-electron chi connectivity index (χ0n) is 9.03. The molecule has 1 aliphatic carbocycles. The topological polar surface area (TPSA) is 0 Å². The Bertz CT molecular complexity index is 517. The molecule has 2 heteroatoms. The Hall–Kier alpha value is -0.860. The molecule has 0 fully saturated rings. The second-order valence-corrected chi connectivity index (χ2v) is 7.50. The largest absolute Gasteiger partial charge is 0.132 e. The number of halogens is 2. The first-order valence-corrected chi connectivity index (χ1v) is 7.04. The SMILES string of the molecule is BrC1(Br)C(c2ccccc2)=C1c1ccccc1. The molecule has 0 spiro atoms. The highest BCUT2D eigenvalue weighted by atomic mass is 79.9. The molecule has 0 aromatic heterocycles. The van der Waals surface area contributed by atoms with Gasteiger partial charge in [0.25, 0.3) is 0 Å². The summed E-state index contributed by atoms with van der Waals surface area (Å²) >= 11 is 7.47. The highest BCUT2D eigenvalue weighted by Crippen LogP contribution is 2.65. The third-order valence-electron chi connectivity index (χ3n) is 2.94. The molecule has 0 aliphatic heterocycles. The molecular formula is C15H10Br2. The normalized spacial score (nSPS) is 17.1. The Morgan fingerprint density at radius 2 is 0.941 bits per heavy atom. The molecule has 0 heterocycles. The molecular weight excluding hydrogens is 340 g/mol. The van der Waals surface area contributed by atoms with E-state index in [0.29, 0.717) is 0 Å². The van der Waals surface area contributed by atoms with Crippen molar-refractivity contribution in [2.45, 2.75) is 3.23 Å². The van der Waals surface area contributed by atoms with E-state index in [9.17, 15) is 0 Å². The van der Waals surface area contributed by atoms with Gasteiger partial charge in [0, 0.05) is 0 Å². The van der Waals surface area contributed by atoms with Gasteiger partial charge in [0.1, 0.15) is 3.23 Å². The van der Waals surface area contributed by atoms with E-state index in [-0.39, 0.29) is 3.23 Å². The Kier molecular flexibility index (Phi) is 2.72. The highest BCUT2D eigenvalue weighted by molar-refractivity contribution is 9.26. The third-order valence-corrected chi connectivity index (χ3v) is 4.53. The summed E-state index contributed by atoms with van der Waals surface area (Å²) in [6.45, 7) is 0. The van der Waals surface area contributed by atoms with E-state index in [0.717, 1.165) is 0 Å². The fourth-order valence-electron chi connectivity index (χ4n) is 2.10. The standard InChI is InChI=1S/C15H10Br2/c16-15(17)13(11-7-3-1-4-8-11)14(15)12-9-5-2-6-10-12/h1-10H. The predicted molar refractivity (Wildman–Crippen MR) is 80.3 cm³/mol. The van der Waals surface area contributed by atoms with Crippen LogP contribution in [-0.2, 0) is 0 Å². The van der Waals surface area contributed by atoms with Crippen LogP contribution >= 0.6 is 31.9 Å². The van der Waals surface area contributed by atoms with Crippen LogP contribution in [0.2, 0.25) is 0 Å². The molecule has 2 aromatic carbocycles. The number of benzene rings is 2. The lowest BCUT2D eigenvalue weighted by molar-refractivity contribution is 1.56. The van der Waals surface area contributed by atoms with Crippen LogP contribution < -0.4 is 0 Å². The van der Waals surface area contributed by atoms with Crippen molar-refractivity contribution in [1.82, 2.24) is 0 Å². The van der Waals surface area contributed by atoms with Crippen LogP contribution in [0.15, 0.2) is 60.7 Å². The number of hydrogen-bond acceptors (Lipinski definition) is 0. The Morgan fingerprint density at radius 1 is 0.588 bits per heavy atom. The minimum atomic E-state index is -0.150. The number of alkyl halides is 2. The number of hydrogen-bond donors (Lipinski definition) is 0. The van der Waals surface area contributed by atoms with E-state index in [1.807, 2.05) is 12.1 Å². The fourth-order valence-corrected chi connectivity index (χ4v) is 3.61. The molecule has 3 rings (SSSR count). The summed E-state index contributed by atoms with van der Waals surface area (Å²) in [4.78, 5) is 0. The van der Waals surface area contributed by atoms with Gasteiger partial charge in [-0.3, -0.25) is 0 Å². The van der Waals surface area contributed by atoms with Crippen LogP contribution in [0.1, 0.15) is 11.1 Å². The summed E-state index contributed by atoms with van der Waals surface area (Å²) in [7, 11) is 0. The quantitative estimate of drug-likeness (QED) is 0.662. The van der Waals surface area contributed by atoms with Crippen LogP contribution in [-0.4, -0.2) is 3.23 Å². The van der Waals surface area contributed by atoms with Crippen molar-refractivity contribution in [2.75, 3.05) is 0 Å². The van der Waals surface area contributed by atoms with Crippen LogP contribution in [0.4, 0.5) is 0 Å². The highest BCUT2D eigenvalue weighted by Gasteiger charge is 2.50. The van der Waals surface area contributed by atoms with Crippen molar-refractivity contribution >= 4 is 43.0 Å². The Balaban J connectivity index is 2.08. The van der Waals surface area contributed by atoms with Gasteiger partial charge < -0.3 is 0 Å². The van der Waals surface area contributed by atoms with E-state index in [1.165, 1.54) is 22.3 Å². The van der Waals surface area contributed by atoms with Gasteiger partial charge in [-0.2, -0.15) is 0 Å². The first-order chi connectivity index (χ1) is 8.21. The average molecular weight is 350 g/mol. The zero-order chi connectivity index (χ0) is 11.9. The first-order valence-electron chi connectivity index (χ1n) is 5.45. The van der Waals surface area contributed by atoms with Crippen molar-refractivity contribution in [1.29, 1.82) is 0 Å². The van der Waals surface area contributed by atoms with Crippen molar-refractivity contribution < 1.29 is 0 Å². The summed E-state index contributed by atoms with van der Waals surface area (Å²) in [6.07, 6.45) is 0. The van der Waals surface area contributed by atoms with Crippen LogP contribution in [0, 0.1) is 0 Å². The fraction of sp³-hybridized carbons (Fsp3) is 0.0667. The van der Waals surface area contributed by atoms with Crippen molar-refractivity contribution in [3.63, 3.8) is 0 Å². The van der Waals surface area contributed by atoms with Gasteiger partial charge >= 0.3 is 0 Å². The molecule has 0 unspecified atom stereocenters. The lowest BCUT2D eigenvalue weighted by Crippen LogP contribution is -1.91. The van der Waals surface area contributed by atoms with Gasteiger partial charge in [-0.1, -0.05) is 92.5 Å². The van der Waals surface area contributed by atoms with Crippen LogP contribution in [0.5, 0.6) is 0 Å². The molecule has 0 saturated heterocycles. The maximum Gasteiger partial charge on any atom is 0.132 e.